The summed E-state index contributed by atoms with van der Waals surface area (Å²) in [5.41, 5.74) is 0. The molecule has 0 saturated carbocycles. The molecule has 100 valence electrons. The fourth-order valence-electron chi connectivity index (χ4n) is 2.37. The van der Waals surface area contributed by atoms with E-state index in [9.17, 15) is 4.79 Å². The van der Waals surface area contributed by atoms with E-state index in [0.717, 1.165) is 19.6 Å². The van der Waals surface area contributed by atoms with Crippen molar-refractivity contribution in [3.05, 3.63) is 22.4 Å². The highest BCUT2D eigenvalue weighted by molar-refractivity contribution is 7.09. The van der Waals surface area contributed by atoms with Gasteiger partial charge in [-0.1, -0.05) is 6.07 Å². The maximum atomic E-state index is 11.8. The molecule has 1 aliphatic heterocycles. The number of rotatable bonds is 6. The Hall–Kier alpha value is -0.910. The van der Waals surface area contributed by atoms with Crippen LogP contribution in [0.5, 0.6) is 0 Å². The number of hydrogen-bond acceptors (Lipinski definition) is 4. The summed E-state index contributed by atoms with van der Waals surface area (Å²) in [6.45, 7) is 4.31. The van der Waals surface area contributed by atoms with Crippen molar-refractivity contribution in [3.8, 4) is 0 Å². The summed E-state index contributed by atoms with van der Waals surface area (Å²) in [5, 5.41) is 8.21. The van der Waals surface area contributed by atoms with Gasteiger partial charge in [-0.25, -0.2) is 0 Å². The number of nitrogens with zero attached hydrogens (tertiary/aromatic N) is 1. The average Bonchev–Trinajstić information content (AvgIpc) is 2.99. The van der Waals surface area contributed by atoms with Gasteiger partial charge in [0.25, 0.3) is 0 Å². The molecule has 18 heavy (non-hydrogen) atoms. The zero-order chi connectivity index (χ0) is 12.8. The van der Waals surface area contributed by atoms with Gasteiger partial charge < -0.3 is 10.6 Å². The maximum Gasteiger partial charge on any atom is 0.234 e. The molecule has 0 aromatic carbocycles. The summed E-state index contributed by atoms with van der Waals surface area (Å²) in [7, 11) is 1.98. The van der Waals surface area contributed by atoms with E-state index in [1.54, 1.807) is 11.3 Å². The van der Waals surface area contributed by atoms with Crippen molar-refractivity contribution >= 4 is 17.2 Å². The summed E-state index contributed by atoms with van der Waals surface area (Å²) in [4.78, 5) is 15.2. The molecule has 0 bridgehead atoms. The lowest BCUT2D eigenvalue weighted by Crippen LogP contribution is -2.36. The smallest absolute Gasteiger partial charge is 0.234 e. The molecule has 1 aromatic rings. The van der Waals surface area contributed by atoms with Crippen LogP contribution in [0.3, 0.4) is 0 Å². The predicted molar refractivity (Wildman–Crippen MR) is 74.6 cm³/mol. The summed E-state index contributed by atoms with van der Waals surface area (Å²) >= 11 is 1.68. The predicted octanol–water partition coefficient (Wildman–Crippen LogP) is 0.906. The molecular weight excluding hydrogens is 246 g/mol. The molecule has 1 fully saturated rings. The highest BCUT2D eigenvalue weighted by Crippen LogP contribution is 2.14. The Morgan fingerprint density at radius 1 is 1.61 bits per heavy atom. The van der Waals surface area contributed by atoms with Gasteiger partial charge in [-0.15, -0.1) is 11.3 Å². The fourth-order valence-corrected chi connectivity index (χ4v) is 3.01. The van der Waals surface area contributed by atoms with E-state index in [4.69, 9.17) is 0 Å². The fraction of sp³-hybridized carbons (Fsp3) is 0.615. The quantitative estimate of drug-likeness (QED) is 0.805. The molecular formula is C13H21N3OS. The highest BCUT2D eigenvalue weighted by atomic mass is 32.1. The number of carbonyl (C=O) groups excluding carboxylic acids is 1. The molecule has 0 radical (unpaired) electrons. The van der Waals surface area contributed by atoms with Crippen LogP contribution in [0.15, 0.2) is 17.5 Å². The second-order valence-electron chi connectivity index (χ2n) is 4.80. The lowest BCUT2D eigenvalue weighted by molar-refractivity contribution is -0.122. The van der Waals surface area contributed by atoms with Gasteiger partial charge in [0.2, 0.25) is 5.91 Å². The van der Waals surface area contributed by atoms with Crippen LogP contribution in [0.1, 0.15) is 11.3 Å². The van der Waals surface area contributed by atoms with Gasteiger partial charge in [0.15, 0.2) is 0 Å². The first-order valence-corrected chi connectivity index (χ1v) is 7.32. The maximum absolute atomic E-state index is 11.8. The van der Waals surface area contributed by atoms with E-state index in [-0.39, 0.29) is 5.91 Å². The Bertz CT molecular complexity index is 366. The van der Waals surface area contributed by atoms with Crippen molar-refractivity contribution in [3.63, 3.8) is 0 Å². The van der Waals surface area contributed by atoms with Crippen LogP contribution in [0.4, 0.5) is 0 Å². The number of likely N-dealkylation sites (tertiary alicyclic amines) is 1. The topological polar surface area (TPSA) is 44.4 Å². The first-order chi connectivity index (χ1) is 8.78. The number of hydrogen-bond donors (Lipinski definition) is 2. The molecule has 5 heteroatoms. The van der Waals surface area contributed by atoms with E-state index in [0.29, 0.717) is 19.0 Å². The molecule has 2 heterocycles. The van der Waals surface area contributed by atoms with Gasteiger partial charge in [0.1, 0.15) is 0 Å². The standard InChI is InChI=1S/C13H21N3OS/c1-14-7-11-4-5-16(9-11)10-13(17)15-8-12-3-2-6-18-12/h2-3,6,11,14H,4-5,7-10H2,1H3,(H,15,17). The van der Waals surface area contributed by atoms with Crippen molar-refractivity contribution in [1.29, 1.82) is 0 Å². The summed E-state index contributed by atoms with van der Waals surface area (Å²) in [6.07, 6.45) is 1.19. The Morgan fingerprint density at radius 2 is 2.50 bits per heavy atom. The number of amides is 1. The molecule has 2 rings (SSSR count). The Morgan fingerprint density at radius 3 is 3.22 bits per heavy atom. The van der Waals surface area contributed by atoms with Crippen LogP contribution in [0.2, 0.25) is 0 Å². The first-order valence-electron chi connectivity index (χ1n) is 6.44. The zero-order valence-electron chi connectivity index (χ0n) is 10.8. The third-order valence-corrected chi connectivity index (χ3v) is 4.15. The van der Waals surface area contributed by atoms with Crippen LogP contribution in [0, 0.1) is 5.92 Å². The molecule has 1 amide bonds. The molecule has 1 unspecified atom stereocenters. The van der Waals surface area contributed by atoms with Crippen LogP contribution in [0.25, 0.3) is 0 Å². The lowest BCUT2D eigenvalue weighted by Gasteiger charge is -2.15. The molecule has 2 N–H and O–H groups in total. The third kappa shape index (κ3) is 4.08. The van der Waals surface area contributed by atoms with Gasteiger partial charge in [-0.2, -0.15) is 0 Å². The van der Waals surface area contributed by atoms with Gasteiger partial charge in [-0.05, 0) is 43.9 Å². The molecule has 1 saturated heterocycles. The molecule has 1 atom stereocenters. The number of carbonyl (C=O) groups is 1. The number of thiophene rings is 1. The van der Waals surface area contributed by atoms with Gasteiger partial charge >= 0.3 is 0 Å². The van der Waals surface area contributed by atoms with Crippen LogP contribution in [-0.4, -0.2) is 44.0 Å². The minimum absolute atomic E-state index is 0.133. The second-order valence-corrected chi connectivity index (χ2v) is 5.84. The van der Waals surface area contributed by atoms with E-state index in [1.807, 2.05) is 24.6 Å². The van der Waals surface area contributed by atoms with E-state index in [2.05, 4.69) is 15.5 Å². The molecule has 1 aromatic heterocycles. The van der Waals surface area contributed by atoms with Crippen molar-refractivity contribution in [1.82, 2.24) is 15.5 Å². The Kier molecular flexibility index (Phi) is 5.16. The highest BCUT2D eigenvalue weighted by Gasteiger charge is 2.23. The van der Waals surface area contributed by atoms with Crippen LogP contribution < -0.4 is 10.6 Å². The SMILES string of the molecule is CNCC1CCN(CC(=O)NCc2cccs2)C1. The van der Waals surface area contributed by atoms with Gasteiger partial charge in [0.05, 0.1) is 13.1 Å². The van der Waals surface area contributed by atoms with Crippen molar-refractivity contribution < 1.29 is 4.79 Å². The first kappa shape index (κ1) is 13.5. The normalized spacial score (nSPS) is 20.2. The van der Waals surface area contributed by atoms with Crippen molar-refractivity contribution in [2.45, 2.75) is 13.0 Å². The van der Waals surface area contributed by atoms with Gasteiger partial charge in [0, 0.05) is 11.4 Å². The minimum atomic E-state index is 0.133. The van der Waals surface area contributed by atoms with Crippen LogP contribution in [-0.2, 0) is 11.3 Å². The average molecular weight is 267 g/mol. The summed E-state index contributed by atoms with van der Waals surface area (Å²) < 4.78 is 0. The van der Waals surface area contributed by atoms with E-state index in [1.165, 1.54) is 11.3 Å². The van der Waals surface area contributed by atoms with Gasteiger partial charge in [-0.3, -0.25) is 9.69 Å². The molecule has 0 spiro atoms. The van der Waals surface area contributed by atoms with E-state index < -0.39 is 0 Å². The number of nitrogens with one attached hydrogen (secondary N) is 2. The molecule has 0 aliphatic carbocycles. The Balaban J connectivity index is 1.65. The van der Waals surface area contributed by atoms with Crippen molar-refractivity contribution in [2.75, 3.05) is 33.2 Å². The molecule has 4 nitrogen and oxygen atoms in total. The second kappa shape index (κ2) is 6.87. The van der Waals surface area contributed by atoms with Crippen molar-refractivity contribution in [2.24, 2.45) is 5.92 Å². The monoisotopic (exact) mass is 267 g/mol. The molecule has 1 aliphatic rings. The lowest BCUT2D eigenvalue weighted by atomic mass is 10.1. The zero-order valence-corrected chi connectivity index (χ0v) is 11.6. The Labute approximate surface area is 112 Å². The van der Waals surface area contributed by atoms with E-state index >= 15 is 0 Å². The summed E-state index contributed by atoms with van der Waals surface area (Å²) in [6, 6.07) is 4.05. The van der Waals surface area contributed by atoms with Crippen LogP contribution >= 0.6 is 11.3 Å². The minimum Gasteiger partial charge on any atom is -0.350 e. The third-order valence-electron chi connectivity index (χ3n) is 3.27. The largest absolute Gasteiger partial charge is 0.350 e. The summed E-state index contributed by atoms with van der Waals surface area (Å²) in [5.74, 6) is 0.827.